The van der Waals surface area contributed by atoms with Crippen LogP contribution in [-0.2, 0) is 4.79 Å². The van der Waals surface area contributed by atoms with Crippen molar-refractivity contribution in [3.63, 3.8) is 0 Å². The molecule has 2 atom stereocenters. The van der Waals surface area contributed by atoms with E-state index in [9.17, 15) is 4.79 Å². The predicted molar refractivity (Wildman–Crippen MR) is 99.8 cm³/mol. The number of carbonyl (C=O) groups is 1. The van der Waals surface area contributed by atoms with Gasteiger partial charge in [0.05, 0.1) is 5.75 Å². The van der Waals surface area contributed by atoms with Gasteiger partial charge in [-0.1, -0.05) is 65.7 Å². The highest BCUT2D eigenvalue weighted by Crippen LogP contribution is 2.27. The SMILES string of the molecule is C[C@@H]1CCCC[C@@H]1NC(=O)CSc1n[nH]c(-c2ccccc2Br)n1. The van der Waals surface area contributed by atoms with Crippen LogP contribution in [0.4, 0.5) is 0 Å². The van der Waals surface area contributed by atoms with Crippen LogP contribution in [0.5, 0.6) is 0 Å². The summed E-state index contributed by atoms with van der Waals surface area (Å²) in [6.07, 6.45) is 4.77. The largest absolute Gasteiger partial charge is 0.352 e. The molecule has 1 aromatic carbocycles. The molecule has 24 heavy (non-hydrogen) atoms. The molecule has 1 fully saturated rings. The van der Waals surface area contributed by atoms with E-state index in [0.29, 0.717) is 28.7 Å². The number of rotatable bonds is 5. The maximum Gasteiger partial charge on any atom is 0.230 e. The summed E-state index contributed by atoms with van der Waals surface area (Å²) >= 11 is 4.87. The number of nitrogens with one attached hydrogen (secondary N) is 2. The summed E-state index contributed by atoms with van der Waals surface area (Å²) in [5, 5.41) is 10.9. The van der Waals surface area contributed by atoms with Crippen LogP contribution < -0.4 is 5.32 Å². The van der Waals surface area contributed by atoms with E-state index in [1.54, 1.807) is 0 Å². The van der Waals surface area contributed by atoms with Crippen molar-refractivity contribution in [3.8, 4) is 11.4 Å². The lowest BCUT2D eigenvalue weighted by Crippen LogP contribution is -2.41. The maximum atomic E-state index is 12.2. The van der Waals surface area contributed by atoms with Gasteiger partial charge in [-0.2, -0.15) is 0 Å². The normalized spacial score (nSPS) is 20.8. The van der Waals surface area contributed by atoms with Crippen LogP contribution >= 0.6 is 27.7 Å². The fraction of sp³-hybridized carbons (Fsp3) is 0.471. The highest BCUT2D eigenvalue weighted by atomic mass is 79.9. The molecule has 1 saturated carbocycles. The van der Waals surface area contributed by atoms with E-state index in [0.717, 1.165) is 16.5 Å². The van der Waals surface area contributed by atoms with E-state index in [2.05, 4.69) is 43.4 Å². The first-order valence-electron chi connectivity index (χ1n) is 8.23. The topological polar surface area (TPSA) is 70.7 Å². The molecule has 0 bridgehead atoms. The maximum absolute atomic E-state index is 12.2. The minimum Gasteiger partial charge on any atom is -0.352 e. The Morgan fingerprint density at radius 3 is 2.96 bits per heavy atom. The Balaban J connectivity index is 1.54. The molecule has 1 heterocycles. The monoisotopic (exact) mass is 408 g/mol. The van der Waals surface area contributed by atoms with Crippen molar-refractivity contribution in [1.29, 1.82) is 0 Å². The van der Waals surface area contributed by atoms with Gasteiger partial charge < -0.3 is 5.32 Å². The quantitative estimate of drug-likeness (QED) is 0.732. The fourth-order valence-electron chi connectivity index (χ4n) is 2.99. The molecule has 0 aliphatic heterocycles. The zero-order chi connectivity index (χ0) is 16.9. The molecule has 1 aromatic heterocycles. The van der Waals surface area contributed by atoms with E-state index in [4.69, 9.17) is 0 Å². The average Bonchev–Trinajstić information content (AvgIpc) is 3.04. The lowest BCUT2D eigenvalue weighted by molar-refractivity contribution is -0.119. The van der Waals surface area contributed by atoms with Crippen LogP contribution in [0.15, 0.2) is 33.9 Å². The van der Waals surface area contributed by atoms with Gasteiger partial charge in [0, 0.05) is 16.1 Å². The van der Waals surface area contributed by atoms with Gasteiger partial charge in [-0.15, -0.1) is 5.10 Å². The van der Waals surface area contributed by atoms with Crippen LogP contribution in [-0.4, -0.2) is 32.9 Å². The molecule has 3 rings (SSSR count). The number of nitrogens with zero attached hydrogens (tertiary/aromatic N) is 2. The summed E-state index contributed by atoms with van der Waals surface area (Å²) in [5.41, 5.74) is 0.956. The first kappa shape index (κ1) is 17.5. The van der Waals surface area contributed by atoms with Crippen molar-refractivity contribution in [2.45, 2.75) is 43.8 Å². The minimum absolute atomic E-state index is 0.0611. The molecule has 0 radical (unpaired) electrons. The van der Waals surface area contributed by atoms with Crippen molar-refractivity contribution in [2.75, 3.05) is 5.75 Å². The summed E-state index contributed by atoms with van der Waals surface area (Å²) in [5.74, 6) is 1.67. The lowest BCUT2D eigenvalue weighted by atomic mass is 9.86. The van der Waals surface area contributed by atoms with Gasteiger partial charge in [0.2, 0.25) is 11.1 Å². The van der Waals surface area contributed by atoms with Crippen molar-refractivity contribution in [3.05, 3.63) is 28.7 Å². The molecule has 1 aliphatic rings. The number of thioether (sulfide) groups is 1. The molecule has 0 saturated heterocycles. The third-order valence-electron chi connectivity index (χ3n) is 4.38. The van der Waals surface area contributed by atoms with Gasteiger partial charge in [0.1, 0.15) is 0 Å². The van der Waals surface area contributed by atoms with Crippen molar-refractivity contribution >= 4 is 33.6 Å². The highest BCUT2D eigenvalue weighted by molar-refractivity contribution is 9.10. The van der Waals surface area contributed by atoms with Crippen LogP contribution in [0.25, 0.3) is 11.4 Å². The molecule has 0 unspecified atom stereocenters. The third-order valence-corrected chi connectivity index (χ3v) is 5.92. The molecular formula is C17H21BrN4OS. The number of hydrogen-bond acceptors (Lipinski definition) is 4. The zero-order valence-electron chi connectivity index (χ0n) is 13.6. The number of amides is 1. The van der Waals surface area contributed by atoms with Gasteiger partial charge >= 0.3 is 0 Å². The highest BCUT2D eigenvalue weighted by Gasteiger charge is 2.22. The van der Waals surface area contributed by atoms with E-state index >= 15 is 0 Å². The molecule has 2 aromatic rings. The van der Waals surface area contributed by atoms with Gasteiger partial charge in [-0.3, -0.25) is 9.89 Å². The first-order chi connectivity index (χ1) is 11.6. The van der Waals surface area contributed by atoms with Crippen molar-refractivity contribution in [2.24, 2.45) is 5.92 Å². The van der Waals surface area contributed by atoms with Crippen LogP contribution in [0.3, 0.4) is 0 Å². The van der Waals surface area contributed by atoms with Crippen molar-refractivity contribution in [1.82, 2.24) is 20.5 Å². The zero-order valence-corrected chi connectivity index (χ0v) is 16.0. The summed E-state index contributed by atoms with van der Waals surface area (Å²) in [7, 11) is 0. The summed E-state index contributed by atoms with van der Waals surface area (Å²) < 4.78 is 0.960. The van der Waals surface area contributed by atoms with Gasteiger partial charge in [-0.05, 0) is 24.8 Å². The Bertz CT molecular complexity index is 705. The number of H-pyrrole nitrogens is 1. The predicted octanol–water partition coefficient (Wildman–Crippen LogP) is 4.02. The first-order valence-corrected chi connectivity index (χ1v) is 10.0. The summed E-state index contributed by atoms with van der Waals surface area (Å²) in [4.78, 5) is 16.6. The van der Waals surface area contributed by atoms with Crippen LogP contribution in [0.1, 0.15) is 32.6 Å². The Labute approximate surface area is 154 Å². The van der Waals surface area contributed by atoms with E-state index in [1.165, 1.54) is 31.0 Å². The fourth-order valence-corrected chi connectivity index (χ4v) is 4.08. The van der Waals surface area contributed by atoms with Crippen LogP contribution in [0, 0.1) is 5.92 Å². The Morgan fingerprint density at radius 2 is 2.17 bits per heavy atom. The Hall–Kier alpha value is -1.34. The van der Waals surface area contributed by atoms with Gasteiger partial charge in [0.15, 0.2) is 5.82 Å². The molecule has 2 N–H and O–H groups in total. The minimum atomic E-state index is 0.0611. The second-order valence-electron chi connectivity index (χ2n) is 6.17. The number of hydrogen-bond donors (Lipinski definition) is 2. The Morgan fingerprint density at radius 1 is 1.38 bits per heavy atom. The van der Waals surface area contributed by atoms with E-state index < -0.39 is 0 Å². The summed E-state index contributed by atoms with van der Waals surface area (Å²) in [6, 6.07) is 8.15. The van der Waals surface area contributed by atoms with Gasteiger partial charge in [-0.25, -0.2) is 4.98 Å². The molecule has 0 spiro atoms. The van der Waals surface area contributed by atoms with E-state index in [1.807, 2.05) is 24.3 Å². The molecule has 5 nitrogen and oxygen atoms in total. The number of benzene rings is 1. The lowest BCUT2D eigenvalue weighted by Gasteiger charge is -2.29. The third kappa shape index (κ3) is 4.39. The second kappa shape index (κ2) is 8.16. The molecule has 128 valence electrons. The second-order valence-corrected chi connectivity index (χ2v) is 7.97. The average molecular weight is 409 g/mol. The van der Waals surface area contributed by atoms with E-state index in [-0.39, 0.29) is 5.91 Å². The number of aromatic amines is 1. The van der Waals surface area contributed by atoms with Crippen molar-refractivity contribution < 1.29 is 4.79 Å². The smallest absolute Gasteiger partial charge is 0.230 e. The molecule has 7 heteroatoms. The number of carbonyl (C=O) groups excluding carboxylic acids is 1. The number of halogens is 1. The molecule has 1 aliphatic carbocycles. The Kier molecular flexibility index (Phi) is 5.94. The molecular weight excluding hydrogens is 388 g/mol. The summed E-state index contributed by atoms with van der Waals surface area (Å²) in [6.45, 7) is 2.22. The number of aromatic nitrogens is 3. The standard InChI is InChI=1S/C17H21BrN4OS/c1-11-6-2-5-9-14(11)19-15(23)10-24-17-20-16(21-22-17)12-7-3-4-8-13(12)18/h3-4,7-8,11,14H,2,5-6,9-10H2,1H3,(H,19,23)(H,20,21,22)/t11-,14+/m1/s1. The molecule has 1 amide bonds. The van der Waals surface area contributed by atoms with Crippen LogP contribution in [0.2, 0.25) is 0 Å². The van der Waals surface area contributed by atoms with Gasteiger partial charge in [0.25, 0.3) is 0 Å².